The molecule has 0 bridgehead atoms. The third kappa shape index (κ3) is 4.62. The molecule has 32 heavy (non-hydrogen) atoms. The van der Waals surface area contributed by atoms with Crippen LogP contribution in [0.5, 0.6) is 0 Å². The van der Waals surface area contributed by atoms with Gasteiger partial charge < -0.3 is 9.47 Å². The molecule has 0 atom stereocenters. The van der Waals surface area contributed by atoms with Gasteiger partial charge in [-0.05, 0) is 36.8 Å². The first-order chi connectivity index (χ1) is 15.6. The highest BCUT2D eigenvalue weighted by Crippen LogP contribution is 2.31. The van der Waals surface area contributed by atoms with E-state index in [0.29, 0.717) is 34.4 Å². The summed E-state index contributed by atoms with van der Waals surface area (Å²) in [5.41, 5.74) is 3.80. The van der Waals surface area contributed by atoms with Crippen LogP contribution in [0.1, 0.15) is 28.8 Å². The van der Waals surface area contributed by atoms with Crippen LogP contribution >= 0.6 is 23.4 Å². The molecule has 2 heterocycles. The molecule has 2 aromatic heterocycles. The van der Waals surface area contributed by atoms with E-state index in [1.165, 1.54) is 0 Å². The minimum atomic E-state index is -0.529. The fraction of sp³-hybridized carbons (Fsp3) is 0.217. The Kier molecular flexibility index (Phi) is 7.04. The third-order valence-electron chi connectivity index (χ3n) is 4.71. The molecular formula is C23H21ClN4O3S. The van der Waals surface area contributed by atoms with E-state index in [1.807, 2.05) is 54.6 Å². The highest BCUT2D eigenvalue weighted by molar-refractivity contribution is 7.98. The molecule has 9 heteroatoms. The molecule has 0 radical (unpaired) electrons. The van der Waals surface area contributed by atoms with Crippen LogP contribution in [0.25, 0.3) is 16.8 Å². The predicted molar refractivity (Wildman–Crippen MR) is 124 cm³/mol. The van der Waals surface area contributed by atoms with Gasteiger partial charge in [0.1, 0.15) is 0 Å². The van der Waals surface area contributed by atoms with Crippen molar-refractivity contribution in [1.29, 1.82) is 0 Å². The monoisotopic (exact) mass is 468 g/mol. The lowest BCUT2D eigenvalue weighted by Crippen LogP contribution is -2.16. The van der Waals surface area contributed by atoms with Crippen LogP contribution in [0.4, 0.5) is 0 Å². The van der Waals surface area contributed by atoms with Crippen LogP contribution < -0.4 is 0 Å². The zero-order chi connectivity index (χ0) is 22.5. The lowest BCUT2D eigenvalue weighted by molar-refractivity contribution is 0.0516. The fourth-order valence-corrected chi connectivity index (χ4v) is 4.31. The number of carbonyl (C=O) groups excluding carboxylic acids is 1. The standard InChI is InChI=1S/C23H21ClN4O3S/c1-3-31-23(29)21-19(14-32-17-11-9-16(24)10-12-17)28-22(26-25-21)20(18(27-28)13-30-2)15-7-5-4-6-8-15/h4-12H,3,13-14H2,1-2H3. The number of methoxy groups -OCH3 is 1. The van der Waals surface area contributed by atoms with Crippen LogP contribution in [0, 0.1) is 0 Å². The van der Waals surface area contributed by atoms with Gasteiger partial charge in [0, 0.05) is 22.8 Å². The van der Waals surface area contributed by atoms with Crippen LogP contribution in [-0.4, -0.2) is 39.5 Å². The van der Waals surface area contributed by atoms with Crippen molar-refractivity contribution in [2.45, 2.75) is 24.2 Å². The number of thioether (sulfide) groups is 1. The average molecular weight is 469 g/mol. The Labute approximate surface area is 194 Å². The Balaban J connectivity index is 1.86. The number of fused-ring (bicyclic) bond motifs is 1. The summed E-state index contributed by atoms with van der Waals surface area (Å²) in [4.78, 5) is 13.6. The van der Waals surface area contributed by atoms with E-state index in [-0.39, 0.29) is 12.3 Å². The van der Waals surface area contributed by atoms with Crippen LogP contribution in [0.2, 0.25) is 5.02 Å². The largest absolute Gasteiger partial charge is 0.461 e. The Bertz CT molecular complexity index is 1230. The van der Waals surface area contributed by atoms with Crippen molar-refractivity contribution in [2.24, 2.45) is 0 Å². The maximum Gasteiger partial charge on any atom is 0.360 e. The second-order valence-corrected chi connectivity index (χ2v) is 8.30. The number of hydrogen-bond donors (Lipinski definition) is 0. The number of halogens is 1. The number of hydrogen-bond acceptors (Lipinski definition) is 7. The molecule has 0 spiro atoms. The topological polar surface area (TPSA) is 78.6 Å². The van der Waals surface area contributed by atoms with Crippen molar-refractivity contribution in [3.8, 4) is 11.1 Å². The first-order valence-electron chi connectivity index (χ1n) is 9.99. The summed E-state index contributed by atoms with van der Waals surface area (Å²) in [5.74, 6) is -0.0944. The molecule has 4 rings (SSSR count). The number of aromatic nitrogens is 4. The van der Waals surface area contributed by atoms with E-state index in [9.17, 15) is 4.79 Å². The summed E-state index contributed by atoms with van der Waals surface area (Å²) in [6, 6.07) is 17.3. The summed E-state index contributed by atoms with van der Waals surface area (Å²) in [6.45, 7) is 2.29. The molecule has 2 aromatic carbocycles. The smallest absolute Gasteiger partial charge is 0.360 e. The molecule has 0 unspecified atom stereocenters. The van der Waals surface area contributed by atoms with Crippen molar-refractivity contribution in [2.75, 3.05) is 13.7 Å². The summed E-state index contributed by atoms with van der Waals surface area (Å²) >= 11 is 7.55. The number of nitrogens with zero attached hydrogens (tertiary/aromatic N) is 4. The number of esters is 1. The highest BCUT2D eigenvalue weighted by atomic mass is 35.5. The second-order valence-electron chi connectivity index (χ2n) is 6.81. The number of carbonyl (C=O) groups is 1. The van der Waals surface area contributed by atoms with Gasteiger partial charge >= 0.3 is 5.97 Å². The zero-order valence-corrected chi connectivity index (χ0v) is 19.2. The van der Waals surface area contributed by atoms with Gasteiger partial charge in [0.05, 0.1) is 30.2 Å². The number of ether oxygens (including phenoxy) is 2. The number of benzene rings is 2. The quantitative estimate of drug-likeness (QED) is 0.264. The molecule has 0 aliphatic heterocycles. The maximum absolute atomic E-state index is 12.6. The van der Waals surface area contributed by atoms with Gasteiger partial charge in [0.25, 0.3) is 0 Å². The van der Waals surface area contributed by atoms with E-state index in [2.05, 4.69) is 10.2 Å². The Morgan fingerprint density at radius 3 is 2.53 bits per heavy atom. The Morgan fingerprint density at radius 2 is 1.84 bits per heavy atom. The molecule has 4 aromatic rings. The average Bonchev–Trinajstić information content (AvgIpc) is 3.17. The first-order valence-corrected chi connectivity index (χ1v) is 11.4. The summed E-state index contributed by atoms with van der Waals surface area (Å²) in [5, 5.41) is 14.0. The van der Waals surface area contributed by atoms with Crippen LogP contribution in [-0.2, 0) is 21.8 Å². The van der Waals surface area contributed by atoms with Gasteiger partial charge in [-0.3, -0.25) is 0 Å². The molecule has 0 aliphatic carbocycles. The first kappa shape index (κ1) is 22.3. The van der Waals surface area contributed by atoms with E-state index >= 15 is 0 Å². The minimum Gasteiger partial charge on any atom is -0.461 e. The molecule has 0 aliphatic rings. The Morgan fingerprint density at radius 1 is 1.09 bits per heavy atom. The van der Waals surface area contributed by atoms with Gasteiger partial charge in [0.15, 0.2) is 11.3 Å². The molecule has 7 nitrogen and oxygen atoms in total. The third-order valence-corrected chi connectivity index (χ3v) is 5.98. The van der Waals surface area contributed by atoms with Gasteiger partial charge in [-0.15, -0.1) is 22.0 Å². The van der Waals surface area contributed by atoms with Gasteiger partial charge in [-0.1, -0.05) is 41.9 Å². The van der Waals surface area contributed by atoms with E-state index in [4.69, 9.17) is 26.2 Å². The van der Waals surface area contributed by atoms with Crippen LogP contribution in [0.3, 0.4) is 0 Å². The summed E-state index contributed by atoms with van der Waals surface area (Å²) in [6.07, 6.45) is 0. The highest BCUT2D eigenvalue weighted by Gasteiger charge is 2.24. The van der Waals surface area contributed by atoms with Crippen molar-refractivity contribution < 1.29 is 14.3 Å². The van der Waals surface area contributed by atoms with Crippen molar-refractivity contribution in [3.63, 3.8) is 0 Å². The van der Waals surface area contributed by atoms with Gasteiger partial charge in [-0.2, -0.15) is 5.10 Å². The van der Waals surface area contributed by atoms with E-state index in [1.54, 1.807) is 30.3 Å². The molecular weight excluding hydrogens is 448 g/mol. The van der Waals surface area contributed by atoms with Crippen LogP contribution in [0.15, 0.2) is 59.5 Å². The number of rotatable bonds is 8. The summed E-state index contributed by atoms with van der Waals surface area (Å²) < 4.78 is 12.3. The fourth-order valence-electron chi connectivity index (χ4n) is 3.30. The molecule has 0 saturated heterocycles. The van der Waals surface area contributed by atoms with Crippen molar-refractivity contribution >= 4 is 35.0 Å². The van der Waals surface area contributed by atoms with E-state index in [0.717, 1.165) is 16.0 Å². The van der Waals surface area contributed by atoms with Gasteiger partial charge in [-0.25, -0.2) is 9.31 Å². The molecule has 164 valence electrons. The summed E-state index contributed by atoms with van der Waals surface area (Å²) in [7, 11) is 1.62. The molecule has 0 fully saturated rings. The lowest BCUT2D eigenvalue weighted by Gasteiger charge is -2.10. The Hall–Kier alpha value is -2.94. The molecule has 0 amide bonds. The van der Waals surface area contributed by atoms with Gasteiger partial charge in [0.2, 0.25) is 0 Å². The van der Waals surface area contributed by atoms with E-state index < -0.39 is 5.97 Å². The van der Waals surface area contributed by atoms with Crippen molar-refractivity contribution in [3.05, 3.63) is 76.7 Å². The second kappa shape index (κ2) is 10.1. The SMILES string of the molecule is CCOC(=O)c1nnc2c(-c3ccccc3)c(COC)nn2c1CSc1ccc(Cl)cc1. The lowest BCUT2D eigenvalue weighted by atomic mass is 10.1. The molecule has 0 saturated carbocycles. The van der Waals surface area contributed by atoms with Crippen molar-refractivity contribution in [1.82, 2.24) is 19.8 Å². The maximum atomic E-state index is 12.6. The molecule has 0 N–H and O–H groups in total. The predicted octanol–water partition coefficient (Wildman–Crippen LogP) is 5.06. The zero-order valence-electron chi connectivity index (χ0n) is 17.6. The normalized spacial score (nSPS) is 11.1. The minimum absolute atomic E-state index is 0.145.